The van der Waals surface area contributed by atoms with Crippen molar-refractivity contribution in [2.24, 2.45) is 5.92 Å². The summed E-state index contributed by atoms with van der Waals surface area (Å²) in [4.78, 5) is 11.6. The molecular formula is C13H25NO3. The average Bonchev–Trinajstić information content (AvgIpc) is 2.36. The van der Waals surface area contributed by atoms with Crippen molar-refractivity contribution in [3.8, 4) is 0 Å². The second-order valence-electron chi connectivity index (χ2n) is 5.00. The van der Waals surface area contributed by atoms with Crippen LogP contribution in [-0.2, 0) is 9.53 Å². The minimum absolute atomic E-state index is 0.0160. The largest absolute Gasteiger partial charge is 0.396 e. The molecule has 0 radical (unpaired) electrons. The second kappa shape index (κ2) is 7.67. The molecule has 0 spiro atoms. The van der Waals surface area contributed by atoms with E-state index in [2.05, 4.69) is 5.32 Å². The lowest BCUT2D eigenvalue weighted by molar-refractivity contribution is -0.128. The van der Waals surface area contributed by atoms with Crippen molar-refractivity contribution in [1.82, 2.24) is 5.32 Å². The van der Waals surface area contributed by atoms with Gasteiger partial charge in [0, 0.05) is 12.6 Å². The fourth-order valence-electron chi connectivity index (χ4n) is 2.09. The zero-order valence-electron chi connectivity index (χ0n) is 10.9. The smallest absolute Gasteiger partial charge is 0.246 e. The molecule has 1 rings (SSSR count). The van der Waals surface area contributed by atoms with E-state index in [4.69, 9.17) is 9.84 Å². The van der Waals surface area contributed by atoms with Gasteiger partial charge in [0.1, 0.15) is 6.61 Å². The monoisotopic (exact) mass is 243 g/mol. The molecule has 4 heteroatoms. The first-order chi connectivity index (χ1) is 8.15. The van der Waals surface area contributed by atoms with Gasteiger partial charge in [-0.05, 0) is 44.9 Å². The van der Waals surface area contributed by atoms with Gasteiger partial charge in [-0.3, -0.25) is 4.79 Å². The molecule has 0 aromatic rings. The van der Waals surface area contributed by atoms with E-state index in [1.165, 1.54) is 0 Å². The second-order valence-corrected chi connectivity index (χ2v) is 5.00. The highest BCUT2D eigenvalue weighted by atomic mass is 16.5. The third-order valence-corrected chi connectivity index (χ3v) is 3.54. The first-order valence-corrected chi connectivity index (χ1v) is 6.67. The van der Waals surface area contributed by atoms with E-state index in [-0.39, 0.29) is 31.3 Å². The Morgan fingerprint density at radius 2 is 2.06 bits per heavy atom. The van der Waals surface area contributed by atoms with Gasteiger partial charge in [0.2, 0.25) is 5.91 Å². The molecule has 0 aromatic heterocycles. The Balaban J connectivity index is 2.15. The number of hydrogen-bond acceptors (Lipinski definition) is 3. The quantitative estimate of drug-likeness (QED) is 0.742. The summed E-state index contributed by atoms with van der Waals surface area (Å²) in [6.07, 6.45) is 5.03. The molecule has 1 aliphatic rings. The average molecular weight is 243 g/mol. The highest BCUT2D eigenvalue weighted by Gasteiger charge is 2.21. The molecule has 0 unspecified atom stereocenters. The van der Waals surface area contributed by atoms with Crippen LogP contribution in [-0.4, -0.2) is 36.4 Å². The Hall–Kier alpha value is -0.610. The van der Waals surface area contributed by atoms with Gasteiger partial charge in [0.25, 0.3) is 0 Å². The van der Waals surface area contributed by atoms with E-state index >= 15 is 0 Å². The molecule has 0 aromatic carbocycles. The van der Waals surface area contributed by atoms with Crippen LogP contribution in [0.3, 0.4) is 0 Å². The molecule has 4 nitrogen and oxygen atoms in total. The van der Waals surface area contributed by atoms with Crippen molar-refractivity contribution < 1.29 is 14.6 Å². The first-order valence-electron chi connectivity index (χ1n) is 6.67. The predicted octanol–water partition coefficient (Wildman–Crippen LogP) is 1.47. The predicted molar refractivity (Wildman–Crippen MR) is 66.7 cm³/mol. The Kier molecular flexibility index (Phi) is 6.52. The van der Waals surface area contributed by atoms with Crippen molar-refractivity contribution in [3.63, 3.8) is 0 Å². The number of hydrogen-bond donors (Lipinski definition) is 2. The summed E-state index contributed by atoms with van der Waals surface area (Å²) in [5.74, 6) is 0.414. The fourth-order valence-corrected chi connectivity index (χ4v) is 2.09. The summed E-state index contributed by atoms with van der Waals surface area (Å²) in [6.45, 7) is 4.45. The van der Waals surface area contributed by atoms with Crippen LogP contribution in [0.4, 0.5) is 0 Å². The molecule has 17 heavy (non-hydrogen) atoms. The number of nitrogens with one attached hydrogen (secondary N) is 1. The third kappa shape index (κ3) is 5.50. The molecule has 1 fully saturated rings. The van der Waals surface area contributed by atoms with Crippen LogP contribution in [0, 0.1) is 5.92 Å². The lowest BCUT2D eigenvalue weighted by atomic mass is 9.86. The minimum atomic E-state index is -0.0160. The van der Waals surface area contributed by atoms with Crippen molar-refractivity contribution in [1.29, 1.82) is 0 Å². The van der Waals surface area contributed by atoms with E-state index in [1.54, 1.807) is 0 Å². The summed E-state index contributed by atoms with van der Waals surface area (Å²) in [6, 6.07) is 0.269. The minimum Gasteiger partial charge on any atom is -0.396 e. The molecule has 1 amide bonds. The van der Waals surface area contributed by atoms with Crippen molar-refractivity contribution in [3.05, 3.63) is 0 Å². The molecular weight excluding hydrogens is 218 g/mol. The number of rotatable bonds is 6. The summed E-state index contributed by atoms with van der Waals surface area (Å²) in [5.41, 5.74) is 0. The SMILES string of the molecule is CC[C@@H](C)OCC(=O)NC1CCC(CO)CC1. The topological polar surface area (TPSA) is 58.6 Å². The number of carbonyl (C=O) groups is 1. The fraction of sp³-hybridized carbons (Fsp3) is 0.923. The third-order valence-electron chi connectivity index (χ3n) is 3.54. The van der Waals surface area contributed by atoms with Crippen LogP contribution < -0.4 is 5.32 Å². The van der Waals surface area contributed by atoms with Gasteiger partial charge in [-0.25, -0.2) is 0 Å². The van der Waals surface area contributed by atoms with E-state index in [0.717, 1.165) is 32.1 Å². The summed E-state index contributed by atoms with van der Waals surface area (Å²) in [7, 11) is 0. The van der Waals surface area contributed by atoms with Gasteiger partial charge < -0.3 is 15.2 Å². The van der Waals surface area contributed by atoms with E-state index in [9.17, 15) is 4.79 Å². The zero-order chi connectivity index (χ0) is 12.7. The van der Waals surface area contributed by atoms with E-state index in [0.29, 0.717) is 5.92 Å². The zero-order valence-corrected chi connectivity index (χ0v) is 10.9. The van der Waals surface area contributed by atoms with Crippen LogP contribution >= 0.6 is 0 Å². The first kappa shape index (κ1) is 14.5. The van der Waals surface area contributed by atoms with Crippen molar-refractivity contribution >= 4 is 5.91 Å². The molecule has 0 aliphatic heterocycles. The normalized spacial score (nSPS) is 26.5. The van der Waals surface area contributed by atoms with Crippen LogP contribution in [0.25, 0.3) is 0 Å². The van der Waals surface area contributed by atoms with Gasteiger partial charge in [0.05, 0.1) is 6.10 Å². The Labute approximate surface area is 104 Å². The van der Waals surface area contributed by atoms with Gasteiger partial charge in [0.15, 0.2) is 0 Å². The van der Waals surface area contributed by atoms with E-state index < -0.39 is 0 Å². The molecule has 0 bridgehead atoms. The summed E-state index contributed by atoms with van der Waals surface area (Å²) < 4.78 is 5.38. The number of carbonyl (C=O) groups excluding carboxylic acids is 1. The van der Waals surface area contributed by atoms with Gasteiger partial charge >= 0.3 is 0 Å². The van der Waals surface area contributed by atoms with Crippen molar-refractivity contribution in [2.75, 3.05) is 13.2 Å². The molecule has 1 saturated carbocycles. The highest BCUT2D eigenvalue weighted by Crippen LogP contribution is 2.23. The number of ether oxygens (including phenoxy) is 1. The maximum atomic E-state index is 11.6. The molecule has 1 atom stereocenters. The summed E-state index contributed by atoms with van der Waals surface area (Å²) >= 11 is 0. The summed E-state index contributed by atoms with van der Waals surface area (Å²) in [5, 5.41) is 12.0. The Bertz CT molecular complexity index is 225. The number of aliphatic hydroxyl groups is 1. The highest BCUT2D eigenvalue weighted by molar-refractivity contribution is 5.77. The maximum Gasteiger partial charge on any atom is 0.246 e. The lowest BCUT2D eigenvalue weighted by Crippen LogP contribution is -2.40. The van der Waals surface area contributed by atoms with Gasteiger partial charge in [-0.1, -0.05) is 6.92 Å². The maximum absolute atomic E-state index is 11.6. The number of aliphatic hydroxyl groups excluding tert-OH is 1. The van der Waals surface area contributed by atoms with Crippen LogP contribution in [0.5, 0.6) is 0 Å². The molecule has 0 heterocycles. The van der Waals surface area contributed by atoms with Gasteiger partial charge in [-0.15, -0.1) is 0 Å². The number of amides is 1. The van der Waals surface area contributed by atoms with Crippen LogP contribution in [0.1, 0.15) is 46.0 Å². The standard InChI is InChI=1S/C13H25NO3/c1-3-10(2)17-9-13(16)14-12-6-4-11(8-15)5-7-12/h10-12,15H,3-9H2,1-2H3,(H,14,16)/t10-,11?,12?/m1/s1. The Morgan fingerprint density at radius 3 is 2.59 bits per heavy atom. The van der Waals surface area contributed by atoms with Crippen molar-refractivity contribution in [2.45, 2.75) is 58.1 Å². The lowest BCUT2D eigenvalue weighted by Gasteiger charge is -2.28. The molecule has 2 N–H and O–H groups in total. The van der Waals surface area contributed by atoms with Crippen LogP contribution in [0.15, 0.2) is 0 Å². The molecule has 1 aliphatic carbocycles. The Morgan fingerprint density at radius 1 is 1.41 bits per heavy atom. The van der Waals surface area contributed by atoms with Gasteiger partial charge in [-0.2, -0.15) is 0 Å². The van der Waals surface area contributed by atoms with E-state index in [1.807, 2.05) is 13.8 Å². The van der Waals surface area contributed by atoms with Crippen LogP contribution in [0.2, 0.25) is 0 Å². The molecule has 0 saturated heterocycles. The molecule has 100 valence electrons.